The van der Waals surface area contributed by atoms with Gasteiger partial charge in [-0.25, -0.2) is 0 Å². The topological polar surface area (TPSA) is 44.8 Å². The number of ether oxygens (including phenoxy) is 1. The van der Waals surface area contributed by atoms with Crippen LogP contribution >= 0.6 is 0 Å². The lowest BCUT2D eigenvalue weighted by molar-refractivity contribution is 0.0906. The van der Waals surface area contributed by atoms with Crippen LogP contribution in [0.3, 0.4) is 0 Å². The fourth-order valence-corrected chi connectivity index (χ4v) is 4.15. The summed E-state index contributed by atoms with van der Waals surface area (Å²) >= 11 is 0. The smallest absolute Gasteiger partial charge is 0.251 e. The zero-order valence-electron chi connectivity index (χ0n) is 19.5. The van der Waals surface area contributed by atoms with Gasteiger partial charge in [-0.3, -0.25) is 9.69 Å². The molecular weight excluding hydrogens is 410 g/mol. The molecule has 1 saturated heterocycles. The highest BCUT2D eigenvalue weighted by Gasteiger charge is 2.22. The molecule has 3 aromatic rings. The predicted molar refractivity (Wildman–Crippen MR) is 133 cm³/mol. The van der Waals surface area contributed by atoms with E-state index in [9.17, 15) is 4.79 Å². The number of benzene rings is 3. The number of likely N-dealkylation sites (N-methyl/N-ethyl adjacent to an activating group) is 1. The third-order valence-corrected chi connectivity index (χ3v) is 6.13. The summed E-state index contributed by atoms with van der Waals surface area (Å²) in [6, 6.07) is 25.8. The van der Waals surface area contributed by atoms with E-state index in [1.54, 1.807) is 0 Å². The molecule has 0 bridgehead atoms. The number of carbonyl (C=O) groups excluding carboxylic acids is 1. The van der Waals surface area contributed by atoms with Crippen molar-refractivity contribution in [2.75, 3.05) is 39.8 Å². The van der Waals surface area contributed by atoms with Gasteiger partial charge < -0.3 is 15.0 Å². The number of rotatable bonds is 8. The fourth-order valence-electron chi connectivity index (χ4n) is 4.15. The van der Waals surface area contributed by atoms with Crippen molar-refractivity contribution in [2.24, 2.45) is 0 Å². The minimum atomic E-state index is -0.0843. The van der Waals surface area contributed by atoms with Crippen molar-refractivity contribution in [3.05, 3.63) is 101 Å². The van der Waals surface area contributed by atoms with E-state index >= 15 is 0 Å². The van der Waals surface area contributed by atoms with Crippen LogP contribution in [0.1, 0.15) is 33.1 Å². The monoisotopic (exact) mass is 443 g/mol. The van der Waals surface area contributed by atoms with Crippen LogP contribution in [0.2, 0.25) is 0 Å². The van der Waals surface area contributed by atoms with Gasteiger partial charge in [0.2, 0.25) is 0 Å². The standard InChI is InChI=1S/C28H33N3O2/c1-22-8-6-9-23(18-22)21-33-26-13-7-12-25(19-26)28(32)29-27(24-10-4-3-5-11-24)20-31-16-14-30(2)15-17-31/h3-13,18-19,27H,14-17,20-21H2,1-2H3,(H,29,32). The molecule has 33 heavy (non-hydrogen) atoms. The van der Waals surface area contributed by atoms with Crippen LogP contribution in [-0.4, -0.2) is 55.5 Å². The van der Waals surface area contributed by atoms with Gasteiger partial charge >= 0.3 is 0 Å². The van der Waals surface area contributed by atoms with E-state index in [1.807, 2.05) is 54.6 Å². The van der Waals surface area contributed by atoms with Gasteiger partial charge in [0.1, 0.15) is 12.4 Å². The molecule has 5 nitrogen and oxygen atoms in total. The van der Waals surface area contributed by atoms with Crippen molar-refractivity contribution in [2.45, 2.75) is 19.6 Å². The number of carbonyl (C=O) groups is 1. The van der Waals surface area contributed by atoms with Gasteiger partial charge in [0.15, 0.2) is 0 Å². The molecule has 0 radical (unpaired) electrons. The number of hydrogen-bond donors (Lipinski definition) is 1. The summed E-state index contributed by atoms with van der Waals surface area (Å²) in [5.74, 6) is 0.610. The second-order valence-electron chi connectivity index (χ2n) is 8.85. The molecule has 1 N–H and O–H groups in total. The van der Waals surface area contributed by atoms with Gasteiger partial charge in [-0.15, -0.1) is 0 Å². The minimum absolute atomic E-state index is 0.0704. The highest BCUT2D eigenvalue weighted by atomic mass is 16.5. The molecule has 0 saturated carbocycles. The molecular formula is C28H33N3O2. The van der Waals surface area contributed by atoms with Gasteiger partial charge in [0.05, 0.1) is 6.04 Å². The van der Waals surface area contributed by atoms with Crippen LogP contribution in [0.4, 0.5) is 0 Å². The van der Waals surface area contributed by atoms with Crippen LogP contribution in [0.5, 0.6) is 5.75 Å². The van der Waals surface area contributed by atoms with E-state index in [-0.39, 0.29) is 11.9 Å². The Morgan fingerprint density at radius 1 is 0.939 bits per heavy atom. The molecule has 172 valence electrons. The van der Waals surface area contributed by atoms with Crippen LogP contribution in [0.25, 0.3) is 0 Å². The molecule has 1 aliphatic rings. The van der Waals surface area contributed by atoms with Crippen molar-refractivity contribution in [3.8, 4) is 5.75 Å². The Bertz CT molecular complexity index is 1050. The first-order valence-electron chi connectivity index (χ1n) is 11.6. The van der Waals surface area contributed by atoms with Crippen molar-refractivity contribution in [3.63, 3.8) is 0 Å². The average molecular weight is 444 g/mol. The second-order valence-corrected chi connectivity index (χ2v) is 8.85. The Balaban J connectivity index is 1.43. The van der Waals surface area contributed by atoms with E-state index in [1.165, 1.54) is 5.56 Å². The molecule has 5 heteroatoms. The summed E-state index contributed by atoms with van der Waals surface area (Å²) < 4.78 is 5.97. The average Bonchev–Trinajstić information content (AvgIpc) is 2.84. The summed E-state index contributed by atoms with van der Waals surface area (Å²) in [6.07, 6.45) is 0. The quantitative estimate of drug-likeness (QED) is 0.564. The Morgan fingerprint density at radius 2 is 1.70 bits per heavy atom. The molecule has 0 aromatic heterocycles. The fraction of sp³-hybridized carbons (Fsp3) is 0.321. The Kier molecular flexibility index (Phi) is 7.76. The minimum Gasteiger partial charge on any atom is -0.489 e. The first-order valence-corrected chi connectivity index (χ1v) is 11.6. The highest BCUT2D eigenvalue weighted by molar-refractivity contribution is 5.94. The van der Waals surface area contributed by atoms with Crippen molar-refractivity contribution in [1.82, 2.24) is 15.1 Å². The third-order valence-electron chi connectivity index (χ3n) is 6.13. The van der Waals surface area contributed by atoms with Gasteiger partial charge in [-0.1, -0.05) is 66.2 Å². The van der Waals surface area contributed by atoms with Crippen LogP contribution in [0.15, 0.2) is 78.9 Å². The van der Waals surface area contributed by atoms with E-state index < -0.39 is 0 Å². The van der Waals surface area contributed by atoms with Crippen molar-refractivity contribution in [1.29, 1.82) is 0 Å². The number of aryl methyl sites for hydroxylation is 1. The van der Waals surface area contributed by atoms with Crippen LogP contribution in [-0.2, 0) is 6.61 Å². The molecule has 3 aromatic carbocycles. The van der Waals surface area contributed by atoms with Crippen molar-refractivity contribution < 1.29 is 9.53 Å². The maximum Gasteiger partial charge on any atom is 0.251 e. The molecule has 1 aliphatic heterocycles. The maximum atomic E-state index is 13.2. The summed E-state index contributed by atoms with van der Waals surface area (Å²) in [5.41, 5.74) is 4.05. The van der Waals surface area contributed by atoms with E-state index in [0.717, 1.165) is 43.9 Å². The first kappa shape index (κ1) is 23.0. The van der Waals surface area contributed by atoms with Gasteiger partial charge in [0, 0.05) is 38.3 Å². The van der Waals surface area contributed by atoms with Gasteiger partial charge in [-0.05, 0) is 43.3 Å². The zero-order valence-corrected chi connectivity index (χ0v) is 19.5. The molecule has 1 fully saturated rings. The number of amides is 1. The lowest BCUT2D eigenvalue weighted by Crippen LogP contribution is -2.47. The number of nitrogens with one attached hydrogen (secondary N) is 1. The Labute approximate surface area is 197 Å². The van der Waals surface area contributed by atoms with Crippen LogP contribution < -0.4 is 10.1 Å². The summed E-state index contributed by atoms with van der Waals surface area (Å²) in [5, 5.41) is 3.27. The summed E-state index contributed by atoms with van der Waals surface area (Å²) in [6.45, 7) is 7.47. The molecule has 1 unspecified atom stereocenters. The number of hydrogen-bond acceptors (Lipinski definition) is 4. The lowest BCUT2D eigenvalue weighted by Gasteiger charge is -2.35. The molecule has 1 amide bonds. The van der Waals surface area contributed by atoms with E-state index in [2.05, 4.69) is 53.4 Å². The Hall–Kier alpha value is -3.15. The largest absolute Gasteiger partial charge is 0.489 e. The summed E-state index contributed by atoms with van der Waals surface area (Å²) in [4.78, 5) is 18.0. The first-order chi connectivity index (χ1) is 16.1. The molecule has 4 rings (SSSR count). The highest BCUT2D eigenvalue weighted by Crippen LogP contribution is 2.19. The molecule has 0 spiro atoms. The number of nitrogens with zero attached hydrogens (tertiary/aromatic N) is 2. The molecule has 1 atom stereocenters. The van der Waals surface area contributed by atoms with Gasteiger partial charge in [0.25, 0.3) is 5.91 Å². The zero-order chi connectivity index (χ0) is 23.0. The predicted octanol–water partition coefficient (Wildman–Crippen LogP) is 4.29. The maximum absolute atomic E-state index is 13.2. The summed E-state index contributed by atoms with van der Waals surface area (Å²) in [7, 11) is 2.15. The van der Waals surface area contributed by atoms with Gasteiger partial charge in [-0.2, -0.15) is 0 Å². The second kappa shape index (κ2) is 11.1. The van der Waals surface area contributed by atoms with Crippen molar-refractivity contribution >= 4 is 5.91 Å². The molecule has 1 heterocycles. The van der Waals surface area contributed by atoms with Crippen LogP contribution in [0, 0.1) is 6.92 Å². The van der Waals surface area contributed by atoms with E-state index in [0.29, 0.717) is 17.9 Å². The number of piperazine rings is 1. The molecule has 0 aliphatic carbocycles. The Morgan fingerprint density at radius 3 is 2.45 bits per heavy atom. The van der Waals surface area contributed by atoms with E-state index in [4.69, 9.17) is 4.74 Å². The lowest BCUT2D eigenvalue weighted by atomic mass is 10.0. The normalized spacial score (nSPS) is 15.7. The third kappa shape index (κ3) is 6.67. The SMILES string of the molecule is Cc1cccc(COc2cccc(C(=O)NC(CN3CCN(C)CC3)c3ccccc3)c2)c1.